The summed E-state index contributed by atoms with van der Waals surface area (Å²) in [5.74, 6) is -0.750. The van der Waals surface area contributed by atoms with Crippen LogP contribution in [0.4, 0.5) is 11.6 Å². The highest BCUT2D eigenvalue weighted by Crippen LogP contribution is 2.12. The van der Waals surface area contributed by atoms with Gasteiger partial charge < -0.3 is 15.4 Å². The third kappa shape index (κ3) is 4.60. The number of amides is 2. The van der Waals surface area contributed by atoms with Crippen LogP contribution in [0.3, 0.4) is 0 Å². The molecule has 0 atom stereocenters. The van der Waals surface area contributed by atoms with Gasteiger partial charge in [0.15, 0.2) is 0 Å². The van der Waals surface area contributed by atoms with Gasteiger partial charge in [0.2, 0.25) is 5.91 Å². The third-order valence-corrected chi connectivity index (χ3v) is 2.84. The van der Waals surface area contributed by atoms with Crippen molar-refractivity contribution in [2.45, 2.75) is 13.8 Å². The lowest BCUT2D eigenvalue weighted by Gasteiger charge is -2.07. The molecule has 0 saturated carbocycles. The molecular formula is C16H16N4O4. The molecule has 2 heterocycles. The maximum absolute atomic E-state index is 12.3. The maximum Gasteiger partial charge on any atom is 0.338 e. The Morgan fingerprint density at radius 1 is 1.00 bits per heavy atom. The fourth-order valence-electron chi connectivity index (χ4n) is 1.85. The van der Waals surface area contributed by atoms with Crippen LogP contribution in [0.15, 0.2) is 36.7 Å². The first-order chi connectivity index (χ1) is 11.5. The maximum atomic E-state index is 12.3. The Labute approximate surface area is 138 Å². The summed E-state index contributed by atoms with van der Waals surface area (Å²) in [5.41, 5.74) is 0.577. The highest BCUT2D eigenvalue weighted by molar-refractivity contribution is 6.05. The number of hydrogen-bond acceptors (Lipinski definition) is 6. The van der Waals surface area contributed by atoms with Gasteiger partial charge in [-0.05, 0) is 31.2 Å². The quantitative estimate of drug-likeness (QED) is 0.811. The molecule has 0 aliphatic heterocycles. The van der Waals surface area contributed by atoms with Crippen molar-refractivity contribution < 1.29 is 19.1 Å². The first-order valence-corrected chi connectivity index (χ1v) is 7.17. The minimum atomic E-state index is -0.493. The molecule has 8 nitrogen and oxygen atoms in total. The van der Waals surface area contributed by atoms with Crippen molar-refractivity contribution in [2.75, 3.05) is 17.2 Å². The van der Waals surface area contributed by atoms with E-state index in [-0.39, 0.29) is 35.3 Å². The van der Waals surface area contributed by atoms with Crippen molar-refractivity contribution in [3.63, 3.8) is 0 Å². The van der Waals surface area contributed by atoms with E-state index in [9.17, 15) is 14.4 Å². The zero-order valence-corrected chi connectivity index (χ0v) is 13.2. The van der Waals surface area contributed by atoms with E-state index >= 15 is 0 Å². The third-order valence-electron chi connectivity index (χ3n) is 2.84. The minimum absolute atomic E-state index is 0.212. The summed E-state index contributed by atoms with van der Waals surface area (Å²) in [4.78, 5) is 42.9. The number of ether oxygens (including phenoxy) is 1. The number of esters is 1. The summed E-state index contributed by atoms with van der Waals surface area (Å²) >= 11 is 0. The fraction of sp³-hybridized carbons (Fsp3) is 0.188. The second-order valence-corrected chi connectivity index (χ2v) is 4.72. The summed E-state index contributed by atoms with van der Waals surface area (Å²) in [5, 5.41) is 5.07. The van der Waals surface area contributed by atoms with E-state index in [1.807, 2.05) is 0 Å². The van der Waals surface area contributed by atoms with Crippen LogP contribution in [0.2, 0.25) is 0 Å². The number of pyridine rings is 2. The van der Waals surface area contributed by atoms with E-state index in [4.69, 9.17) is 4.74 Å². The van der Waals surface area contributed by atoms with Gasteiger partial charge in [0.05, 0.1) is 12.2 Å². The normalized spacial score (nSPS) is 9.92. The Balaban J connectivity index is 2.13. The van der Waals surface area contributed by atoms with Crippen LogP contribution in [0.25, 0.3) is 0 Å². The zero-order valence-electron chi connectivity index (χ0n) is 13.2. The van der Waals surface area contributed by atoms with Crippen molar-refractivity contribution in [1.82, 2.24) is 9.97 Å². The number of aromatic nitrogens is 2. The van der Waals surface area contributed by atoms with Crippen LogP contribution in [-0.2, 0) is 9.53 Å². The molecule has 2 aromatic heterocycles. The van der Waals surface area contributed by atoms with E-state index < -0.39 is 11.9 Å². The first-order valence-electron chi connectivity index (χ1n) is 7.17. The molecule has 0 spiro atoms. The lowest BCUT2D eigenvalue weighted by atomic mass is 10.2. The summed E-state index contributed by atoms with van der Waals surface area (Å²) in [7, 11) is 0. The highest BCUT2D eigenvalue weighted by atomic mass is 16.5. The van der Waals surface area contributed by atoms with Gasteiger partial charge in [0.25, 0.3) is 5.91 Å². The molecule has 0 aliphatic rings. The molecular weight excluding hydrogens is 312 g/mol. The van der Waals surface area contributed by atoms with Crippen LogP contribution in [0.1, 0.15) is 34.6 Å². The van der Waals surface area contributed by atoms with Crippen molar-refractivity contribution >= 4 is 29.4 Å². The molecule has 0 bridgehead atoms. The smallest absolute Gasteiger partial charge is 0.338 e. The largest absolute Gasteiger partial charge is 0.462 e. The molecule has 0 radical (unpaired) electrons. The summed E-state index contributed by atoms with van der Waals surface area (Å²) < 4.78 is 4.90. The van der Waals surface area contributed by atoms with Crippen LogP contribution in [0.5, 0.6) is 0 Å². The molecule has 0 fully saturated rings. The SMILES string of the molecule is CCOC(=O)c1ccnc(NC(=O)c2ccnc(NC(C)=O)c2)c1. The Bertz CT molecular complexity index is 776. The Morgan fingerprint density at radius 2 is 1.58 bits per heavy atom. The summed E-state index contributed by atoms with van der Waals surface area (Å²) in [6.07, 6.45) is 2.81. The number of rotatable bonds is 5. The van der Waals surface area contributed by atoms with Crippen LogP contribution in [0, 0.1) is 0 Å². The molecule has 124 valence electrons. The average molecular weight is 328 g/mol. The summed E-state index contributed by atoms with van der Waals surface area (Å²) in [6.45, 7) is 3.31. The molecule has 0 unspecified atom stereocenters. The number of carbonyl (C=O) groups excluding carboxylic acids is 3. The Hall–Kier alpha value is -3.29. The zero-order chi connectivity index (χ0) is 17.5. The van der Waals surface area contributed by atoms with Gasteiger partial charge in [-0.1, -0.05) is 0 Å². The van der Waals surface area contributed by atoms with Gasteiger partial charge in [-0.2, -0.15) is 0 Å². The molecule has 2 aromatic rings. The number of nitrogens with one attached hydrogen (secondary N) is 2. The van der Waals surface area contributed by atoms with Crippen molar-refractivity contribution in [1.29, 1.82) is 0 Å². The van der Waals surface area contributed by atoms with Crippen molar-refractivity contribution in [3.8, 4) is 0 Å². The van der Waals surface area contributed by atoms with Crippen molar-refractivity contribution in [2.24, 2.45) is 0 Å². The van der Waals surface area contributed by atoms with E-state index in [0.717, 1.165) is 0 Å². The van der Waals surface area contributed by atoms with Crippen LogP contribution < -0.4 is 10.6 Å². The Morgan fingerprint density at radius 3 is 2.21 bits per heavy atom. The standard InChI is InChI=1S/C16H16N4O4/c1-3-24-16(23)12-5-7-18-14(9-12)20-15(22)11-4-6-17-13(8-11)19-10(2)21/h4-9H,3H2,1-2H3,(H,17,19,21)(H,18,20,22). The fourth-order valence-corrected chi connectivity index (χ4v) is 1.85. The number of nitrogens with zero attached hydrogens (tertiary/aromatic N) is 2. The number of anilines is 2. The van der Waals surface area contributed by atoms with Crippen LogP contribution >= 0.6 is 0 Å². The second kappa shape index (κ2) is 7.82. The first kappa shape index (κ1) is 17.1. The van der Waals surface area contributed by atoms with Gasteiger partial charge in [-0.25, -0.2) is 14.8 Å². The van der Waals surface area contributed by atoms with Crippen molar-refractivity contribution in [3.05, 3.63) is 47.8 Å². The average Bonchev–Trinajstić information content (AvgIpc) is 2.55. The topological polar surface area (TPSA) is 110 Å². The predicted molar refractivity (Wildman–Crippen MR) is 86.7 cm³/mol. The van der Waals surface area contributed by atoms with E-state index in [0.29, 0.717) is 0 Å². The molecule has 2 N–H and O–H groups in total. The molecule has 2 rings (SSSR count). The monoisotopic (exact) mass is 328 g/mol. The van der Waals surface area contributed by atoms with Gasteiger partial charge in [-0.3, -0.25) is 9.59 Å². The minimum Gasteiger partial charge on any atom is -0.462 e. The second-order valence-electron chi connectivity index (χ2n) is 4.72. The van der Waals surface area contributed by atoms with Gasteiger partial charge in [0.1, 0.15) is 11.6 Å². The Kier molecular flexibility index (Phi) is 5.56. The van der Waals surface area contributed by atoms with Gasteiger partial charge >= 0.3 is 5.97 Å². The molecule has 0 saturated heterocycles. The van der Waals surface area contributed by atoms with E-state index in [1.54, 1.807) is 6.92 Å². The predicted octanol–water partition coefficient (Wildman–Crippen LogP) is 1.86. The molecule has 0 aromatic carbocycles. The van der Waals surface area contributed by atoms with Gasteiger partial charge in [0, 0.05) is 24.9 Å². The molecule has 2 amide bonds. The van der Waals surface area contributed by atoms with E-state index in [1.165, 1.54) is 43.6 Å². The lowest BCUT2D eigenvalue weighted by Crippen LogP contribution is -2.15. The van der Waals surface area contributed by atoms with E-state index in [2.05, 4.69) is 20.6 Å². The molecule has 8 heteroatoms. The molecule has 0 aliphatic carbocycles. The summed E-state index contributed by atoms with van der Waals surface area (Å²) in [6, 6.07) is 5.85. The number of hydrogen-bond donors (Lipinski definition) is 2. The highest BCUT2D eigenvalue weighted by Gasteiger charge is 2.11. The van der Waals surface area contributed by atoms with Crippen LogP contribution in [-0.4, -0.2) is 34.4 Å². The van der Waals surface area contributed by atoms with Gasteiger partial charge in [-0.15, -0.1) is 0 Å². The lowest BCUT2D eigenvalue weighted by molar-refractivity contribution is -0.114. The molecule has 24 heavy (non-hydrogen) atoms. The number of carbonyl (C=O) groups is 3.